The molecule has 3 saturated heterocycles. The molecule has 2 aromatic carbocycles. The van der Waals surface area contributed by atoms with E-state index in [0.717, 1.165) is 68.9 Å². The van der Waals surface area contributed by atoms with Crippen LogP contribution < -0.4 is 0 Å². The zero-order valence-corrected chi connectivity index (χ0v) is 25.0. The van der Waals surface area contributed by atoms with Crippen LogP contribution in [0.3, 0.4) is 0 Å². The molecule has 2 aromatic rings. The van der Waals surface area contributed by atoms with E-state index in [1.54, 1.807) is 0 Å². The average molecular weight is 588 g/mol. The average Bonchev–Trinajstić information content (AvgIpc) is 3.50. The predicted molar refractivity (Wildman–Crippen MR) is 155 cm³/mol. The van der Waals surface area contributed by atoms with E-state index in [1.165, 1.54) is 19.3 Å². The number of hydrogen-bond donors (Lipinski definition) is 1. The van der Waals surface area contributed by atoms with Crippen LogP contribution in [0.1, 0.15) is 95.1 Å². The third-order valence-electron chi connectivity index (χ3n) is 9.28. The highest BCUT2D eigenvalue weighted by Crippen LogP contribution is 2.54. The van der Waals surface area contributed by atoms with Crippen LogP contribution in [0.15, 0.2) is 60.7 Å². The lowest BCUT2D eigenvalue weighted by molar-refractivity contribution is -0.999. The molecule has 2 atom stereocenters. The minimum atomic E-state index is -4.47. The zero-order valence-electron chi connectivity index (χ0n) is 24.2. The molecule has 8 nitrogen and oxygen atoms in total. The maximum Gasteiger partial charge on any atom is 0.352 e. The number of carbonyl (C=O) groups excluding carboxylic acids is 1. The van der Waals surface area contributed by atoms with Crippen LogP contribution in [0, 0.1) is 0 Å². The van der Waals surface area contributed by atoms with Crippen LogP contribution in [0.4, 0.5) is 0 Å². The van der Waals surface area contributed by atoms with Crippen molar-refractivity contribution in [1.82, 2.24) is 0 Å². The Hall–Kier alpha value is -2.30. The molecule has 0 saturated carbocycles. The molecule has 0 aliphatic carbocycles. The van der Waals surface area contributed by atoms with Crippen molar-refractivity contribution in [3.8, 4) is 0 Å². The van der Waals surface area contributed by atoms with Crippen LogP contribution in [-0.4, -0.2) is 60.0 Å². The van der Waals surface area contributed by atoms with Gasteiger partial charge in [-0.2, -0.15) is 0 Å². The van der Waals surface area contributed by atoms with E-state index in [1.807, 2.05) is 60.7 Å². The summed E-state index contributed by atoms with van der Waals surface area (Å²) < 4.78 is 41.3. The molecule has 9 heteroatoms. The maximum absolute atomic E-state index is 13.8. The van der Waals surface area contributed by atoms with Crippen molar-refractivity contribution < 1.29 is 36.3 Å². The van der Waals surface area contributed by atoms with Gasteiger partial charge in [0.1, 0.15) is 0 Å². The molecule has 3 heterocycles. The molecule has 0 amide bonds. The van der Waals surface area contributed by atoms with Crippen molar-refractivity contribution in [1.29, 1.82) is 0 Å². The number of hydrogen-bond acceptors (Lipinski definition) is 7. The van der Waals surface area contributed by atoms with Crippen molar-refractivity contribution in [2.24, 2.45) is 0 Å². The number of aliphatic hydroxyl groups is 1. The monoisotopic (exact) mass is 587 g/mol. The molecule has 1 N–H and O–H groups in total. The van der Waals surface area contributed by atoms with Crippen LogP contribution >= 0.6 is 0 Å². The Morgan fingerprint density at radius 1 is 0.927 bits per heavy atom. The van der Waals surface area contributed by atoms with Crippen molar-refractivity contribution >= 4 is 16.4 Å². The first-order valence-corrected chi connectivity index (χ1v) is 16.5. The fraction of sp³-hybridized carbons (Fsp3) is 0.594. The molecular formula is C32H45NO7S. The van der Waals surface area contributed by atoms with Crippen LogP contribution in [0.2, 0.25) is 0 Å². The quantitative estimate of drug-likeness (QED) is 0.121. The zero-order chi connectivity index (χ0) is 29.4. The van der Waals surface area contributed by atoms with Gasteiger partial charge in [-0.05, 0) is 30.4 Å². The number of esters is 1. The van der Waals surface area contributed by atoms with Crippen LogP contribution in [0.5, 0.6) is 0 Å². The van der Waals surface area contributed by atoms with Crippen molar-refractivity contribution in [2.45, 2.75) is 101 Å². The molecule has 2 unspecified atom stereocenters. The summed E-state index contributed by atoms with van der Waals surface area (Å²) in [7, 11) is -4.47. The lowest BCUT2D eigenvalue weighted by Gasteiger charge is -2.51. The van der Waals surface area contributed by atoms with Gasteiger partial charge in [0, 0.05) is 32.1 Å². The van der Waals surface area contributed by atoms with E-state index in [0.29, 0.717) is 23.6 Å². The number of carbonyl (C=O) groups is 1. The smallest absolute Gasteiger partial charge is 0.352 e. The molecule has 3 fully saturated rings. The second kappa shape index (κ2) is 13.8. The number of benzene rings is 2. The van der Waals surface area contributed by atoms with Gasteiger partial charge in [0.25, 0.3) is 0 Å². The Morgan fingerprint density at radius 3 is 2.07 bits per heavy atom. The molecule has 0 aromatic heterocycles. The molecule has 0 radical (unpaired) electrons. The van der Waals surface area contributed by atoms with E-state index < -0.39 is 27.7 Å². The fourth-order valence-electron chi connectivity index (χ4n) is 7.29. The molecule has 41 heavy (non-hydrogen) atoms. The number of unbranched alkanes of at least 4 members (excludes halogenated alkanes) is 4. The van der Waals surface area contributed by atoms with E-state index >= 15 is 0 Å². The Morgan fingerprint density at radius 2 is 1.51 bits per heavy atom. The van der Waals surface area contributed by atoms with Gasteiger partial charge in [0.05, 0.1) is 25.7 Å². The summed E-state index contributed by atoms with van der Waals surface area (Å²) in [4.78, 5) is 13.8. The second-order valence-corrected chi connectivity index (χ2v) is 12.7. The summed E-state index contributed by atoms with van der Waals surface area (Å²) in [5, 5.41) is 11.8. The van der Waals surface area contributed by atoms with E-state index in [4.69, 9.17) is 4.74 Å². The van der Waals surface area contributed by atoms with Crippen molar-refractivity contribution in [3.05, 3.63) is 71.8 Å². The summed E-state index contributed by atoms with van der Waals surface area (Å²) in [6.45, 7) is 4.33. The highest BCUT2D eigenvalue weighted by atomic mass is 32.3. The lowest BCUT2D eigenvalue weighted by atomic mass is 9.86. The van der Waals surface area contributed by atoms with Gasteiger partial charge in [-0.3, -0.25) is 8.67 Å². The molecule has 5 rings (SSSR count). The van der Waals surface area contributed by atoms with Crippen molar-refractivity contribution in [3.63, 3.8) is 0 Å². The molecule has 3 aliphatic rings. The van der Waals surface area contributed by atoms with Gasteiger partial charge < -0.3 is 14.4 Å². The van der Waals surface area contributed by atoms with E-state index in [9.17, 15) is 22.9 Å². The highest BCUT2D eigenvalue weighted by Gasteiger charge is 2.66. The number of nitrogens with zero attached hydrogens (tertiary/aromatic N) is 1. The number of rotatable bonds is 11. The molecular weight excluding hydrogens is 542 g/mol. The predicted octanol–water partition coefficient (Wildman–Crippen LogP) is 5.55. The van der Waals surface area contributed by atoms with E-state index in [2.05, 4.69) is 11.1 Å². The summed E-state index contributed by atoms with van der Waals surface area (Å²) in [5.41, 5.74) is -1.14. The Labute approximate surface area is 245 Å². The topological polar surface area (TPSA) is 113 Å². The Kier molecular flexibility index (Phi) is 10.6. The standard InChI is InChI=1S/C25H30NO3.C7H16O4S/c27-23(25(28,20-10-3-1-4-11-20)21-12-5-2-6-13-21)29-24-16-9-14-22(15-17-24)26(24)18-7-8-19-26;1-2-3-4-5-6-7-11-12(8,9)10/h1-6,10-13,22,28H,7-9,14-19H2;2-7H2,1H3,(H,8,9,10)/q+1;/p-1. The Bertz CT molecular complexity index is 1170. The third-order valence-corrected chi connectivity index (χ3v) is 9.74. The van der Waals surface area contributed by atoms with Gasteiger partial charge in [-0.25, -0.2) is 13.2 Å². The number of ether oxygens (including phenoxy) is 1. The largest absolute Gasteiger partial charge is 0.726 e. The first kappa shape index (κ1) is 31.6. The first-order valence-electron chi connectivity index (χ1n) is 15.2. The lowest BCUT2D eigenvalue weighted by Crippen LogP contribution is -2.67. The summed E-state index contributed by atoms with van der Waals surface area (Å²) in [6.07, 6.45) is 12.6. The van der Waals surface area contributed by atoms with Gasteiger partial charge >= 0.3 is 5.97 Å². The first-order chi connectivity index (χ1) is 19.7. The fourth-order valence-corrected chi connectivity index (χ4v) is 7.61. The second-order valence-electron chi connectivity index (χ2n) is 11.7. The van der Waals surface area contributed by atoms with Gasteiger partial charge in [-0.1, -0.05) is 93.3 Å². The van der Waals surface area contributed by atoms with Crippen LogP contribution in [-0.2, 0) is 29.7 Å². The third kappa shape index (κ3) is 7.03. The molecule has 3 aliphatic heterocycles. The van der Waals surface area contributed by atoms with Gasteiger partial charge in [0.15, 0.2) is 0 Å². The molecule has 2 bridgehead atoms. The number of piperidine rings is 1. The normalized spacial score (nSPS) is 23.1. The molecule has 226 valence electrons. The maximum atomic E-state index is 13.8. The van der Waals surface area contributed by atoms with Crippen LogP contribution in [0.25, 0.3) is 0 Å². The highest BCUT2D eigenvalue weighted by molar-refractivity contribution is 7.80. The SMILES string of the molecule is CCCCCCCOS(=O)(=O)[O-].O=C(OC12CCCC(CC1)[N+]21CCCC1)C(O)(c1ccccc1)c1ccccc1. The van der Waals surface area contributed by atoms with Gasteiger partial charge in [0.2, 0.25) is 21.7 Å². The minimum Gasteiger partial charge on any atom is -0.726 e. The van der Waals surface area contributed by atoms with Gasteiger partial charge in [-0.15, -0.1) is 0 Å². The summed E-state index contributed by atoms with van der Waals surface area (Å²) >= 11 is 0. The van der Waals surface area contributed by atoms with Crippen molar-refractivity contribution in [2.75, 3.05) is 19.7 Å². The van der Waals surface area contributed by atoms with E-state index in [-0.39, 0.29) is 6.61 Å². The summed E-state index contributed by atoms with van der Waals surface area (Å²) in [5.74, 6) is -0.526. The minimum absolute atomic E-state index is 0.0234. The Balaban J connectivity index is 0.000000275. The summed E-state index contributed by atoms with van der Waals surface area (Å²) in [6, 6.07) is 19.1. The number of quaternary nitrogens is 1. The molecule has 1 spiro atoms.